The lowest BCUT2D eigenvalue weighted by Crippen LogP contribution is -2.29. The summed E-state index contributed by atoms with van der Waals surface area (Å²) in [6.45, 7) is 8.36. The topological polar surface area (TPSA) is 41.1 Å². The first-order valence-corrected chi connectivity index (χ1v) is 7.62. The molecule has 4 nitrogen and oxygen atoms in total. The number of benzene rings is 1. The molecule has 2 aromatic rings. The monoisotopic (exact) mass is 282 g/mol. The molecular weight excluding hydrogens is 260 g/mol. The van der Waals surface area contributed by atoms with Crippen molar-refractivity contribution in [3.63, 3.8) is 0 Å². The predicted molar refractivity (Wildman–Crippen MR) is 86.6 cm³/mol. The average Bonchev–Trinajstić information content (AvgIpc) is 2.80. The molecule has 0 radical (unpaired) electrons. The fourth-order valence-electron chi connectivity index (χ4n) is 2.70. The van der Waals surface area contributed by atoms with Gasteiger partial charge < -0.3 is 10.2 Å². The van der Waals surface area contributed by atoms with E-state index in [0.29, 0.717) is 0 Å². The molecule has 1 aromatic carbocycles. The van der Waals surface area contributed by atoms with E-state index < -0.39 is 0 Å². The van der Waals surface area contributed by atoms with Crippen LogP contribution in [0, 0.1) is 13.8 Å². The number of nitrogens with zero attached hydrogens (tertiary/aromatic N) is 3. The van der Waals surface area contributed by atoms with Gasteiger partial charge in [-0.1, -0.05) is 30.3 Å². The molecule has 0 amide bonds. The lowest BCUT2D eigenvalue weighted by atomic mass is 10.1. The summed E-state index contributed by atoms with van der Waals surface area (Å²) in [5.74, 6) is 1.91. The Balaban J connectivity index is 2.01. The van der Waals surface area contributed by atoms with E-state index in [0.717, 1.165) is 55.5 Å². The predicted octanol–water partition coefficient (Wildman–Crippen LogP) is 2.56. The van der Waals surface area contributed by atoms with E-state index in [-0.39, 0.29) is 0 Å². The van der Waals surface area contributed by atoms with Crippen LogP contribution in [0.4, 0.5) is 5.82 Å². The van der Waals surface area contributed by atoms with Crippen molar-refractivity contribution >= 4 is 5.82 Å². The average molecular weight is 282 g/mol. The van der Waals surface area contributed by atoms with Gasteiger partial charge in [0.2, 0.25) is 0 Å². The van der Waals surface area contributed by atoms with Crippen LogP contribution < -0.4 is 10.2 Å². The third-order valence-corrected chi connectivity index (χ3v) is 4.04. The molecule has 1 aliphatic rings. The van der Waals surface area contributed by atoms with Gasteiger partial charge in [-0.05, 0) is 26.8 Å². The van der Waals surface area contributed by atoms with E-state index >= 15 is 0 Å². The van der Waals surface area contributed by atoms with Crippen molar-refractivity contribution in [2.24, 2.45) is 0 Å². The summed E-state index contributed by atoms with van der Waals surface area (Å²) in [7, 11) is 0. The maximum atomic E-state index is 4.86. The minimum atomic E-state index is 0.825. The first kappa shape index (κ1) is 14.0. The zero-order chi connectivity index (χ0) is 14.7. The van der Waals surface area contributed by atoms with E-state index in [2.05, 4.69) is 41.2 Å². The molecule has 0 unspecified atom stereocenters. The molecule has 0 atom stereocenters. The molecule has 0 spiro atoms. The van der Waals surface area contributed by atoms with Gasteiger partial charge in [0.05, 0.1) is 0 Å². The quantitative estimate of drug-likeness (QED) is 0.919. The SMILES string of the molecule is Cc1nc(-c2ccccc2)nc(N2CCCNCC2)c1C. The third-order valence-electron chi connectivity index (χ3n) is 4.04. The highest BCUT2D eigenvalue weighted by Crippen LogP contribution is 2.24. The van der Waals surface area contributed by atoms with E-state index in [1.807, 2.05) is 18.2 Å². The highest BCUT2D eigenvalue weighted by atomic mass is 15.2. The van der Waals surface area contributed by atoms with E-state index in [9.17, 15) is 0 Å². The molecule has 21 heavy (non-hydrogen) atoms. The second-order valence-corrected chi connectivity index (χ2v) is 5.54. The zero-order valence-corrected chi connectivity index (χ0v) is 12.8. The van der Waals surface area contributed by atoms with Gasteiger partial charge in [-0.3, -0.25) is 0 Å². The van der Waals surface area contributed by atoms with Crippen LogP contribution in [0.3, 0.4) is 0 Å². The molecule has 0 bridgehead atoms. The van der Waals surface area contributed by atoms with Crippen LogP contribution in [0.25, 0.3) is 11.4 Å². The van der Waals surface area contributed by atoms with Crippen molar-refractivity contribution < 1.29 is 0 Å². The Morgan fingerprint density at radius 1 is 1.00 bits per heavy atom. The van der Waals surface area contributed by atoms with Gasteiger partial charge in [0.1, 0.15) is 5.82 Å². The second kappa shape index (κ2) is 6.22. The largest absolute Gasteiger partial charge is 0.355 e. The van der Waals surface area contributed by atoms with Crippen LogP contribution in [0.15, 0.2) is 30.3 Å². The molecule has 0 aliphatic carbocycles. The Labute approximate surface area is 126 Å². The molecule has 0 saturated carbocycles. The summed E-state index contributed by atoms with van der Waals surface area (Å²) in [4.78, 5) is 11.9. The minimum Gasteiger partial charge on any atom is -0.355 e. The fourth-order valence-corrected chi connectivity index (χ4v) is 2.70. The van der Waals surface area contributed by atoms with Crippen LogP contribution in [0.2, 0.25) is 0 Å². The number of hydrogen-bond donors (Lipinski definition) is 1. The fraction of sp³-hybridized carbons (Fsp3) is 0.412. The van der Waals surface area contributed by atoms with Crippen molar-refractivity contribution in [3.8, 4) is 11.4 Å². The Bertz CT molecular complexity index is 602. The van der Waals surface area contributed by atoms with Gasteiger partial charge in [0, 0.05) is 36.5 Å². The smallest absolute Gasteiger partial charge is 0.161 e. The van der Waals surface area contributed by atoms with Crippen molar-refractivity contribution in [1.82, 2.24) is 15.3 Å². The maximum absolute atomic E-state index is 4.86. The first-order valence-electron chi connectivity index (χ1n) is 7.62. The first-order chi connectivity index (χ1) is 10.3. The lowest BCUT2D eigenvalue weighted by Gasteiger charge is -2.24. The van der Waals surface area contributed by atoms with Crippen molar-refractivity contribution in [3.05, 3.63) is 41.6 Å². The van der Waals surface area contributed by atoms with Gasteiger partial charge >= 0.3 is 0 Å². The molecule has 1 saturated heterocycles. The van der Waals surface area contributed by atoms with Gasteiger partial charge in [-0.25, -0.2) is 9.97 Å². The number of aromatic nitrogens is 2. The molecule has 1 fully saturated rings. The number of nitrogens with one attached hydrogen (secondary N) is 1. The maximum Gasteiger partial charge on any atom is 0.161 e. The van der Waals surface area contributed by atoms with Crippen LogP contribution in [0.5, 0.6) is 0 Å². The zero-order valence-electron chi connectivity index (χ0n) is 12.8. The second-order valence-electron chi connectivity index (χ2n) is 5.54. The number of hydrogen-bond acceptors (Lipinski definition) is 4. The van der Waals surface area contributed by atoms with Crippen molar-refractivity contribution in [1.29, 1.82) is 0 Å². The minimum absolute atomic E-state index is 0.825. The van der Waals surface area contributed by atoms with E-state index in [1.54, 1.807) is 0 Å². The van der Waals surface area contributed by atoms with Crippen molar-refractivity contribution in [2.75, 3.05) is 31.1 Å². The van der Waals surface area contributed by atoms with Gasteiger partial charge in [0.25, 0.3) is 0 Å². The number of aryl methyl sites for hydroxylation is 1. The highest BCUT2D eigenvalue weighted by Gasteiger charge is 2.16. The Kier molecular flexibility index (Phi) is 4.15. The Morgan fingerprint density at radius 2 is 1.81 bits per heavy atom. The third kappa shape index (κ3) is 3.05. The Hall–Kier alpha value is -1.94. The molecule has 1 N–H and O–H groups in total. The number of rotatable bonds is 2. The van der Waals surface area contributed by atoms with Crippen LogP contribution in [-0.4, -0.2) is 36.1 Å². The van der Waals surface area contributed by atoms with Gasteiger partial charge in [-0.2, -0.15) is 0 Å². The summed E-state index contributed by atoms with van der Waals surface area (Å²) < 4.78 is 0. The molecule has 1 aliphatic heterocycles. The summed E-state index contributed by atoms with van der Waals surface area (Å²) in [6.07, 6.45) is 1.16. The summed E-state index contributed by atoms with van der Waals surface area (Å²) >= 11 is 0. The Morgan fingerprint density at radius 3 is 2.62 bits per heavy atom. The van der Waals surface area contributed by atoms with Gasteiger partial charge in [-0.15, -0.1) is 0 Å². The van der Waals surface area contributed by atoms with Crippen LogP contribution >= 0.6 is 0 Å². The normalized spacial score (nSPS) is 15.8. The molecule has 1 aromatic heterocycles. The molecule has 2 heterocycles. The summed E-state index contributed by atoms with van der Waals surface area (Å²) in [5, 5.41) is 3.44. The van der Waals surface area contributed by atoms with Crippen LogP contribution in [-0.2, 0) is 0 Å². The van der Waals surface area contributed by atoms with E-state index in [4.69, 9.17) is 4.98 Å². The van der Waals surface area contributed by atoms with E-state index in [1.165, 1.54) is 5.56 Å². The van der Waals surface area contributed by atoms with Crippen molar-refractivity contribution in [2.45, 2.75) is 20.3 Å². The lowest BCUT2D eigenvalue weighted by molar-refractivity contribution is 0.724. The van der Waals surface area contributed by atoms with Crippen LogP contribution in [0.1, 0.15) is 17.7 Å². The molecular formula is C17H22N4. The highest BCUT2D eigenvalue weighted by molar-refractivity contribution is 5.60. The summed E-state index contributed by atoms with van der Waals surface area (Å²) in [5.41, 5.74) is 3.34. The van der Waals surface area contributed by atoms with Gasteiger partial charge in [0.15, 0.2) is 5.82 Å². The molecule has 3 rings (SSSR count). The summed E-state index contributed by atoms with van der Waals surface area (Å²) in [6, 6.07) is 10.2. The number of anilines is 1. The molecule has 4 heteroatoms. The standard InChI is InChI=1S/C17H22N4/c1-13-14(2)19-16(15-7-4-3-5-8-15)20-17(13)21-11-6-9-18-10-12-21/h3-5,7-8,18H,6,9-12H2,1-2H3. The molecule has 110 valence electrons.